The predicted octanol–water partition coefficient (Wildman–Crippen LogP) is 0.277. The maximum absolute atomic E-state index is 11.5. The van der Waals surface area contributed by atoms with Crippen LogP contribution in [0, 0.1) is 11.5 Å². The van der Waals surface area contributed by atoms with E-state index in [1.807, 2.05) is 0 Å². The third kappa shape index (κ3) is 3.36. The topological polar surface area (TPSA) is 107 Å². The molecule has 2 rings (SSSR count). The summed E-state index contributed by atoms with van der Waals surface area (Å²) in [6.45, 7) is 0.964. The van der Waals surface area contributed by atoms with Crippen molar-refractivity contribution in [2.24, 2.45) is 0 Å². The lowest BCUT2D eigenvalue weighted by Gasteiger charge is -2.19. The fourth-order valence-electron chi connectivity index (χ4n) is 1.70. The molecule has 0 aromatic carbocycles. The Balaban J connectivity index is 1.91. The van der Waals surface area contributed by atoms with E-state index in [-0.39, 0.29) is 6.54 Å². The zero-order valence-electron chi connectivity index (χ0n) is 10.8. The van der Waals surface area contributed by atoms with E-state index in [0.29, 0.717) is 24.6 Å². The van der Waals surface area contributed by atoms with E-state index < -0.39 is 12.0 Å². The summed E-state index contributed by atoms with van der Waals surface area (Å²) < 4.78 is 4.41. The van der Waals surface area contributed by atoms with Crippen LogP contribution in [0.15, 0.2) is 0 Å². The van der Waals surface area contributed by atoms with Crippen LogP contribution in [0.1, 0.15) is 10.6 Å². The van der Waals surface area contributed by atoms with Gasteiger partial charge in [-0.05, 0) is 0 Å². The molecular weight excluding hydrogens is 282 g/mol. The number of nitriles is 1. The molecule has 0 bridgehead atoms. The Bertz CT molecular complexity index is 565. The van der Waals surface area contributed by atoms with Crippen LogP contribution in [0.4, 0.5) is 9.93 Å². The summed E-state index contributed by atoms with van der Waals surface area (Å²) in [5.41, 5.74) is 0.907. The van der Waals surface area contributed by atoms with Crippen molar-refractivity contribution in [2.75, 3.05) is 25.5 Å². The van der Waals surface area contributed by atoms with Crippen molar-refractivity contribution in [1.82, 2.24) is 15.2 Å². The molecule has 1 aromatic heterocycles. The van der Waals surface area contributed by atoms with Gasteiger partial charge in [-0.3, -0.25) is 10.1 Å². The molecule has 0 unspecified atom stereocenters. The number of urea groups is 1. The van der Waals surface area contributed by atoms with Gasteiger partial charge < -0.3 is 15.0 Å². The molecular formula is C11H13N5O3S. The molecule has 2 heterocycles. The Morgan fingerprint density at radius 1 is 1.60 bits per heavy atom. The quantitative estimate of drug-likeness (QED) is 0.612. The lowest BCUT2D eigenvalue weighted by Crippen LogP contribution is -2.33. The van der Waals surface area contributed by atoms with Crippen molar-refractivity contribution in [3.63, 3.8) is 0 Å². The molecule has 1 aliphatic heterocycles. The minimum Gasteiger partial charge on any atom is -0.468 e. The minimum atomic E-state index is -0.525. The van der Waals surface area contributed by atoms with Crippen molar-refractivity contribution < 1.29 is 14.3 Å². The van der Waals surface area contributed by atoms with Gasteiger partial charge in [0.15, 0.2) is 11.3 Å². The first-order chi connectivity index (χ1) is 9.62. The Labute approximate surface area is 119 Å². The molecule has 0 saturated carbocycles. The van der Waals surface area contributed by atoms with Crippen LogP contribution in [0.25, 0.3) is 0 Å². The molecule has 0 aliphatic carbocycles. The minimum absolute atomic E-state index is 0.199. The van der Waals surface area contributed by atoms with Crippen LogP contribution in [-0.2, 0) is 22.5 Å². The van der Waals surface area contributed by atoms with Crippen LogP contribution < -0.4 is 10.6 Å². The number of carbonyl (C=O) groups is 2. The summed E-state index contributed by atoms with van der Waals surface area (Å²) in [5.74, 6) is -0.525. The largest absolute Gasteiger partial charge is 0.468 e. The van der Waals surface area contributed by atoms with Gasteiger partial charge in [0.2, 0.25) is 0 Å². The number of methoxy groups -OCH3 is 1. The van der Waals surface area contributed by atoms with E-state index >= 15 is 0 Å². The maximum Gasteiger partial charge on any atom is 0.325 e. The van der Waals surface area contributed by atoms with Crippen molar-refractivity contribution in [2.45, 2.75) is 13.0 Å². The van der Waals surface area contributed by atoms with E-state index in [1.54, 1.807) is 4.90 Å². The first-order valence-corrected chi connectivity index (χ1v) is 6.69. The highest BCUT2D eigenvalue weighted by molar-refractivity contribution is 7.15. The number of nitrogens with zero attached hydrogens (tertiary/aromatic N) is 3. The first-order valence-electron chi connectivity index (χ1n) is 5.87. The number of carbonyl (C=O) groups excluding carboxylic acids is 2. The molecule has 0 radical (unpaired) electrons. The number of thiazole rings is 1. The van der Waals surface area contributed by atoms with E-state index in [0.717, 1.165) is 10.6 Å². The molecule has 106 valence electrons. The van der Waals surface area contributed by atoms with E-state index in [4.69, 9.17) is 5.26 Å². The molecule has 20 heavy (non-hydrogen) atoms. The zero-order chi connectivity index (χ0) is 14.5. The monoisotopic (exact) mass is 295 g/mol. The van der Waals surface area contributed by atoms with Gasteiger partial charge in [-0.2, -0.15) is 5.26 Å². The average Bonchev–Trinajstić information content (AvgIpc) is 2.85. The van der Waals surface area contributed by atoms with Gasteiger partial charge in [0.1, 0.15) is 6.54 Å². The average molecular weight is 295 g/mol. The van der Waals surface area contributed by atoms with Gasteiger partial charge >= 0.3 is 12.0 Å². The third-order valence-electron chi connectivity index (χ3n) is 2.71. The fraction of sp³-hybridized carbons (Fsp3) is 0.455. The normalized spacial score (nSPS) is 13.1. The number of rotatable bonds is 3. The van der Waals surface area contributed by atoms with Gasteiger partial charge in [-0.25, -0.2) is 9.78 Å². The van der Waals surface area contributed by atoms with Crippen molar-refractivity contribution >= 4 is 28.5 Å². The number of amides is 2. The summed E-state index contributed by atoms with van der Waals surface area (Å²) in [7, 11) is 1.25. The standard InChI is InChI=1S/C11H13N5O3S/c1-19-9(17)4-13-10(18)15-11-14-7-2-3-16(6-12)5-8(7)20-11/h2-5H2,1H3,(H2,13,14,15,18). The van der Waals surface area contributed by atoms with Crippen molar-refractivity contribution in [1.29, 1.82) is 5.26 Å². The lowest BCUT2D eigenvalue weighted by molar-refractivity contribution is -0.139. The lowest BCUT2D eigenvalue weighted by atomic mass is 10.2. The predicted molar refractivity (Wildman–Crippen MR) is 70.9 cm³/mol. The summed E-state index contributed by atoms with van der Waals surface area (Å²) in [6, 6.07) is -0.515. The summed E-state index contributed by atoms with van der Waals surface area (Å²) in [5, 5.41) is 14.2. The summed E-state index contributed by atoms with van der Waals surface area (Å²) >= 11 is 1.33. The van der Waals surface area contributed by atoms with E-state index in [1.165, 1.54) is 18.4 Å². The molecule has 2 amide bonds. The first kappa shape index (κ1) is 14.1. The van der Waals surface area contributed by atoms with Crippen LogP contribution in [0.5, 0.6) is 0 Å². The Morgan fingerprint density at radius 3 is 3.10 bits per heavy atom. The highest BCUT2D eigenvalue weighted by atomic mass is 32.1. The molecule has 8 nitrogen and oxygen atoms in total. The smallest absolute Gasteiger partial charge is 0.325 e. The van der Waals surface area contributed by atoms with Crippen LogP contribution in [0.3, 0.4) is 0 Å². The highest BCUT2D eigenvalue weighted by Gasteiger charge is 2.20. The van der Waals surface area contributed by atoms with Gasteiger partial charge in [0.25, 0.3) is 0 Å². The molecule has 9 heteroatoms. The van der Waals surface area contributed by atoms with Crippen LogP contribution in [0.2, 0.25) is 0 Å². The van der Waals surface area contributed by atoms with E-state index in [9.17, 15) is 9.59 Å². The number of nitrogens with one attached hydrogen (secondary N) is 2. The number of aromatic nitrogens is 1. The van der Waals surface area contributed by atoms with Gasteiger partial charge in [-0.15, -0.1) is 0 Å². The number of hydrogen-bond acceptors (Lipinski definition) is 7. The molecule has 2 N–H and O–H groups in total. The molecule has 0 spiro atoms. The Kier molecular flexibility index (Phi) is 4.37. The maximum atomic E-state index is 11.5. The molecule has 1 aliphatic rings. The van der Waals surface area contributed by atoms with Crippen molar-refractivity contribution in [3.05, 3.63) is 10.6 Å². The summed E-state index contributed by atoms with van der Waals surface area (Å²) in [4.78, 5) is 29.3. The van der Waals surface area contributed by atoms with Gasteiger partial charge in [-0.1, -0.05) is 11.3 Å². The number of ether oxygens (including phenoxy) is 1. The van der Waals surface area contributed by atoms with Gasteiger partial charge in [0.05, 0.1) is 19.3 Å². The van der Waals surface area contributed by atoms with E-state index in [2.05, 4.69) is 26.5 Å². The fourth-order valence-corrected chi connectivity index (χ4v) is 2.72. The molecule has 0 fully saturated rings. The van der Waals surface area contributed by atoms with Gasteiger partial charge in [0, 0.05) is 17.8 Å². The number of anilines is 1. The van der Waals surface area contributed by atoms with Crippen molar-refractivity contribution in [3.8, 4) is 6.19 Å². The molecule has 0 atom stereocenters. The highest BCUT2D eigenvalue weighted by Crippen LogP contribution is 2.27. The van der Waals surface area contributed by atoms with Crippen LogP contribution in [-0.4, -0.2) is 42.1 Å². The number of hydrogen-bond donors (Lipinski definition) is 2. The Morgan fingerprint density at radius 2 is 2.40 bits per heavy atom. The number of fused-ring (bicyclic) bond motifs is 1. The van der Waals surface area contributed by atoms with Crippen LogP contribution >= 0.6 is 11.3 Å². The third-order valence-corrected chi connectivity index (χ3v) is 3.71. The zero-order valence-corrected chi connectivity index (χ0v) is 11.6. The second-order valence-corrected chi connectivity index (χ2v) is 5.13. The Hall–Kier alpha value is -2.34. The summed E-state index contributed by atoms with van der Waals surface area (Å²) in [6.07, 6.45) is 2.78. The molecule has 0 saturated heterocycles. The SMILES string of the molecule is COC(=O)CNC(=O)Nc1nc2c(s1)CN(C#N)CC2. The number of esters is 1. The molecule has 1 aromatic rings. The second kappa shape index (κ2) is 6.21. The second-order valence-electron chi connectivity index (χ2n) is 4.04.